The Hall–Kier alpha value is -2.22. The molecule has 0 saturated carbocycles. The Morgan fingerprint density at radius 3 is 2.33 bits per heavy atom. The zero-order valence-electron chi connectivity index (χ0n) is 9.51. The van der Waals surface area contributed by atoms with Crippen LogP contribution in [0, 0.1) is 0 Å². The van der Waals surface area contributed by atoms with Crippen LogP contribution in [0.5, 0.6) is 0 Å². The third-order valence-electron chi connectivity index (χ3n) is 2.61. The summed E-state index contributed by atoms with van der Waals surface area (Å²) in [5.41, 5.74) is 2.21. The van der Waals surface area contributed by atoms with Gasteiger partial charge in [0.25, 0.3) is 0 Å². The second-order valence-electron chi connectivity index (χ2n) is 3.73. The topological polar surface area (TPSA) is 34.1 Å². The van der Waals surface area contributed by atoms with Crippen molar-refractivity contribution in [1.29, 1.82) is 0 Å². The van der Waals surface area contributed by atoms with Gasteiger partial charge in [-0.25, -0.2) is 0 Å². The van der Waals surface area contributed by atoms with Gasteiger partial charge in [0.15, 0.2) is 11.6 Å². The van der Waals surface area contributed by atoms with Gasteiger partial charge in [0.05, 0.1) is 0 Å². The molecule has 0 aliphatic heterocycles. The highest BCUT2D eigenvalue weighted by atomic mass is 16.1. The van der Waals surface area contributed by atoms with Crippen LogP contribution in [0.25, 0.3) is 5.57 Å². The maximum atomic E-state index is 11.8. The monoisotopic (exact) mass is 240 g/mol. The van der Waals surface area contributed by atoms with Gasteiger partial charge in [-0.05, 0) is 36.3 Å². The van der Waals surface area contributed by atoms with E-state index in [9.17, 15) is 9.59 Å². The van der Waals surface area contributed by atoms with Crippen LogP contribution in [0.2, 0.25) is 0 Å². The van der Waals surface area contributed by atoms with E-state index < -0.39 is 0 Å². The van der Waals surface area contributed by atoms with Crippen molar-refractivity contribution < 1.29 is 9.59 Å². The molecule has 2 heteroatoms. The van der Waals surface area contributed by atoms with Crippen LogP contribution in [0.15, 0.2) is 60.2 Å². The number of allylic oxidation sites excluding steroid dienone is 6. The van der Waals surface area contributed by atoms with E-state index in [1.54, 1.807) is 0 Å². The summed E-state index contributed by atoms with van der Waals surface area (Å²) in [6.07, 6.45) is 5.87. The van der Waals surface area contributed by atoms with Crippen molar-refractivity contribution in [3.63, 3.8) is 0 Å². The Labute approximate surface area is 107 Å². The zero-order chi connectivity index (χ0) is 12.3. The van der Waals surface area contributed by atoms with Gasteiger partial charge in [0.2, 0.25) is 0 Å². The molecule has 0 amide bonds. The van der Waals surface area contributed by atoms with E-state index in [-0.39, 0.29) is 19.0 Å². The van der Waals surface area contributed by atoms with E-state index >= 15 is 0 Å². The second kappa shape index (κ2) is 5.92. The highest BCUT2D eigenvalue weighted by molar-refractivity contribution is 6.24. The molecule has 2 rings (SSSR count). The quantitative estimate of drug-likeness (QED) is 0.743. The molecule has 0 spiro atoms. The fraction of sp³-hybridized carbons (Fsp3) is 0.125. The van der Waals surface area contributed by atoms with E-state index in [2.05, 4.69) is 0 Å². The Bertz CT molecular complexity index is 546. The molecule has 1 aromatic rings. The normalized spacial score (nSPS) is 15.2. The van der Waals surface area contributed by atoms with Gasteiger partial charge in [0, 0.05) is 5.57 Å². The summed E-state index contributed by atoms with van der Waals surface area (Å²) in [6, 6.07) is 9.58. The number of carbonyl (C=O) groups excluding carboxylic acids is 2. The first-order chi connectivity index (χ1) is 8.22. The predicted octanol–water partition coefficient (Wildman–Crippen LogP) is 3.36. The molecule has 92 valence electrons. The van der Waals surface area contributed by atoms with E-state index in [1.165, 1.54) is 18.2 Å². The molecule has 0 unspecified atom stereocenters. The minimum atomic E-state index is -0.144. The van der Waals surface area contributed by atoms with Gasteiger partial charge < -0.3 is 0 Å². The summed E-state index contributed by atoms with van der Waals surface area (Å²) in [7, 11) is 0. The molecular weight excluding hydrogens is 224 g/mol. The molecule has 1 aromatic carbocycles. The number of benzene rings is 1. The van der Waals surface area contributed by atoms with E-state index in [1.807, 2.05) is 43.3 Å². The first-order valence-electron chi connectivity index (χ1n) is 5.42. The lowest BCUT2D eigenvalue weighted by Crippen LogP contribution is -2.09. The van der Waals surface area contributed by atoms with E-state index in [0.29, 0.717) is 5.57 Å². The van der Waals surface area contributed by atoms with E-state index in [0.717, 1.165) is 11.1 Å². The molecule has 0 fully saturated rings. The molecule has 0 radical (unpaired) electrons. The first-order valence-corrected chi connectivity index (χ1v) is 5.42. The summed E-state index contributed by atoms with van der Waals surface area (Å²) in [4.78, 5) is 23.1. The number of hydrogen-bond donors (Lipinski definition) is 0. The standard InChI is InChI=1S/C15H12O2.CH4/c1-2-13(11-6-4-3-5-7-11)14-10-12(16)8-9-15(14)17;/h2-10H,1H3;1H4/b13-2-;. The number of hydrogen-bond acceptors (Lipinski definition) is 2. The summed E-state index contributed by atoms with van der Waals surface area (Å²) >= 11 is 0. The van der Waals surface area contributed by atoms with E-state index in [4.69, 9.17) is 0 Å². The second-order valence-corrected chi connectivity index (χ2v) is 3.73. The predicted molar refractivity (Wildman–Crippen MR) is 74.1 cm³/mol. The van der Waals surface area contributed by atoms with Gasteiger partial charge in [-0.2, -0.15) is 0 Å². The van der Waals surface area contributed by atoms with Gasteiger partial charge >= 0.3 is 0 Å². The summed E-state index contributed by atoms with van der Waals surface area (Å²) in [5.74, 6) is -0.267. The largest absolute Gasteiger partial charge is 0.290 e. The zero-order valence-corrected chi connectivity index (χ0v) is 9.51. The molecular formula is C16H16O2. The van der Waals surface area contributed by atoms with Crippen LogP contribution in [0.1, 0.15) is 19.9 Å². The molecule has 18 heavy (non-hydrogen) atoms. The van der Waals surface area contributed by atoms with Crippen LogP contribution in [-0.2, 0) is 9.59 Å². The average molecular weight is 240 g/mol. The van der Waals surface area contributed by atoms with Crippen molar-refractivity contribution in [2.45, 2.75) is 14.4 Å². The maximum Gasteiger partial charge on any atom is 0.186 e. The number of ketones is 2. The Kier molecular flexibility index (Phi) is 4.55. The van der Waals surface area contributed by atoms with Crippen molar-refractivity contribution in [2.24, 2.45) is 0 Å². The van der Waals surface area contributed by atoms with Crippen LogP contribution in [-0.4, -0.2) is 11.6 Å². The highest BCUT2D eigenvalue weighted by Crippen LogP contribution is 2.25. The molecule has 0 atom stereocenters. The van der Waals surface area contributed by atoms with Gasteiger partial charge in [0.1, 0.15) is 0 Å². The smallest absolute Gasteiger partial charge is 0.186 e. The van der Waals surface area contributed by atoms with Crippen molar-refractivity contribution in [2.75, 3.05) is 0 Å². The lowest BCUT2D eigenvalue weighted by molar-refractivity contribution is -0.114. The third-order valence-corrected chi connectivity index (χ3v) is 2.61. The van der Waals surface area contributed by atoms with Crippen molar-refractivity contribution >= 4 is 17.1 Å². The molecule has 0 bridgehead atoms. The van der Waals surface area contributed by atoms with Crippen LogP contribution in [0.3, 0.4) is 0 Å². The molecule has 1 aliphatic carbocycles. The molecule has 1 aliphatic rings. The Balaban J connectivity index is 0.00000162. The third kappa shape index (κ3) is 2.72. The highest BCUT2D eigenvalue weighted by Gasteiger charge is 2.17. The van der Waals surface area contributed by atoms with Crippen molar-refractivity contribution in [1.82, 2.24) is 0 Å². The summed E-state index contributed by atoms with van der Waals surface area (Å²) in [6.45, 7) is 1.86. The fourth-order valence-electron chi connectivity index (χ4n) is 1.81. The van der Waals surface area contributed by atoms with Crippen molar-refractivity contribution in [3.05, 3.63) is 65.8 Å². The molecule has 0 heterocycles. The lowest BCUT2D eigenvalue weighted by atomic mass is 9.91. The Morgan fingerprint density at radius 2 is 1.72 bits per heavy atom. The SMILES string of the molecule is C.C/C=C(\C1=CC(=O)C=CC1=O)c1ccccc1. The average Bonchev–Trinajstić information content (AvgIpc) is 2.36. The summed E-state index contributed by atoms with van der Waals surface area (Å²) < 4.78 is 0. The minimum Gasteiger partial charge on any atom is -0.290 e. The van der Waals surface area contributed by atoms with Crippen LogP contribution < -0.4 is 0 Å². The Morgan fingerprint density at radius 1 is 1.06 bits per heavy atom. The van der Waals surface area contributed by atoms with Crippen molar-refractivity contribution in [3.8, 4) is 0 Å². The van der Waals surface area contributed by atoms with Gasteiger partial charge in [-0.15, -0.1) is 0 Å². The molecule has 0 aromatic heterocycles. The summed E-state index contributed by atoms with van der Waals surface area (Å²) in [5, 5.41) is 0. The van der Waals surface area contributed by atoms with Gasteiger partial charge in [-0.1, -0.05) is 43.8 Å². The van der Waals surface area contributed by atoms with Crippen LogP contribution in [0.4, 0.5) is 0 Å². The lowest BCUT2D eigenvalue weighted by Gasteiger charge is -2.11. The first kappa shape index (κ1) is 13.8. The molecule has 2 nitrogen and oxygen atoms in total. The molecule has 0 saturated heterocycles. The van der Waals surface area contributed by atoms with Crippen LogP contribution >= 0.6 is 0 Å². The van der Waals surface area contributed by atoms with Gasteiger partial charge in [-0.3, -0.25) is 9.59 Å². The number of carbonyl (C=O) groups is 2. The minimum absolute atomic E-state index is 0. The number of rotatable bonds is 2. The fourth-order valence-corrected chi connectivity index (χ4v) is 1.81. The maximum absolute atomic E-state index is 11.8. The molecule has 0 N–H and O–H groups in total.